The van der Waals surface area contributed by atoms with Crippen molar-refractivity contribution in [1.29, 1.82) is 0 Å². The normalized spacial score (nSPS) is 17.6. The lowest BCUT2D eigenvalue weighted by atomic mass is 9.99. The minimum absolute atomic E-state index is 0.0311. The first-order chi connectivity index (χ1) is 13.9. The molecule has 0 N–H and O–H groups in total. The van der Waals surface area contributed by atoms with Gasteiger partial charge in [-0.05, 0) is 73.1 Å². The fourth-order valence-corrected chi connectivity index (χ4v) is 5.76. The number of sulfonamides is 1. The van der Waals surface area contributed by atoms with E-state index in [1.165, 1.54) is 5.56 Å². The summed E-state index contributed by atoms with van der Waals surface area (Å²) < 4.78 is 27.3. The number of anilines is 1. The summed E-state index contributed by atoms with van der Waals surface area (Å²) in [5, 5.41) is 0. The van der Waals surface area contributed by atoms with Crippen molar-refractivity contribution in [2.75, 3.05) is 24.5 Å². The SMILES string of the molecule is CC(C)c1ccc(C(=O)N2CCCc3cc(S(=O)(=O)N4CCCC4)ccc32)cc1. The highest BCUT2D eigenvalue weighted by Gasteiger charge is 2.30. The molecule has 0 unspecified atom stereocenters. The Bertz CT molecular complexity index is 1010. The standard InChI is InChI=1S/C23H28N2O3S/c1-17(2)18-7-9-19(10-8-18)23(26)25-15-5-6-20-16-21(11-12-22(20)25)29(27,28)24-13-3-4-14-24/h7-12,16-17H,3-6,13-15H2,1-2H3. The minimum Gasteiger partial charge on any atom is -0.308 e. The summed E-state index contributed by atoms with van der Waals surface area (Å²) in [7, 11) is -3.45. The van der Waals surface area contributed by atoms with Crippen molar-refractivity contribution >= 4 is 21.6 Å². The van der Waals surface area contributed by atoms with E-state index in [-0.39, 0.29) is 5.91 Å². The average Bonchev–Trinajstić information content (AvgIpc) is 3.28. The number of fused-ring (bicyclic) bond motifs is 1. The van der Waals surface area contributed by atoms with Gasteiger partial charge in [0.25, 0.3) is 5.91 Å². The van der Waals surface area contributed by atoms with E-state index >= 15 is 0 Å². The van der Waals surface area contributed by atoms with Crippen LogP contribution in [0.4, 0.5) is 5.69 Å². The molecule has 5 nitrogen and oxygen atoms in total. The van der Waals surface area contributed by atoms with Crippen LogP contribution >= 0.6 is 0 Å². The summed E-state index contributed by atoms with van der Waals surface area (Å²) in [6.45, 7) is 6.10. The Morgan fingerprint density at radius 1 is 0.931 bits per heavy atom. The third-order valence-electron chi connectivity index (χ3n) is 5.94. The van der Waals surface area contributed by atoms with Crippen LogP contribution < -0.4 is 4.90 Å². The van der Waals surface area contributed by atoms with E-state index in [4.69, 9.17) is 0 Å². The lowest BCUT2D eigenvalue weighted by Crippen LogP contribution is -2.35. The topological polar surface area (TPSA) is 57.7 Å². The smallest absolute Gasteiger partial charge is 0.258 e. The maximum atomic E-state index is 13.1. The van der Waals surface area contributed by atoms with Crippen LogP contribution in [0, 0.1) is 0 Å². The molecule has 0 aromatic heterocycles. The first-order valence-electron chi connectivity index (χ1n) is 10.4. The van der Waals surface area contributed by atoms with E-state index in [1.807, 2.05) is 24.3 Å². The molecule has 0 radical (unpaired) electrons. The molecule has 29 heavy (non-hydrogen) atoms. The molecule has 0 spiro atoms. The van der Waals surface area contributed by atoms with Crippen LogP contribution in [0.2, 0.25) is 0 Å². The number of amides is 1. The Morgan fingerprint density at radius 3 is 2.28 bits per heavy atom. The number of hydrogen-bond acceptors (Lipinski definition) is 3. The Morgan fingerprint density at radius 2 is 1.62 bits per heavy atom. The fourth-order valence-electron chi connectivity index (χ4n) is 4.19. The molecule has 0 atom stereocenters. The largest absolute Gasteiger partial charge is 0.308 e. The highest BCUT2D eigenvalue weighted by molar-refractivity contribution is 7.89. The molecule has 2 heterocycles. The van der Waals surface area contributed by atoms with E-state index < -0.39 is 10.0 Å². The van der Waals surface area contributed by atoms with Gasteiger partial charge in [0.1, 0.15) is 0 Å². The molecule has 1 amide bonds. The molecule has 6 heteroatoms. The van der Waals surface area contributed by atoms with Crippen molar-refractivity contribution in [2.24, 2.45) is 0 Å². The van der Waals surface area contributed by atoms with Gasteiger partial charge in [-0.15, -0.1) is 0 Å². The minimum atomic E-state index is -3.45. The summed E-state index contributed by atoms with van der Waals surface area (Å²) in [5.41, 5.74) is 3.63. The number of carbonyl (C=O) groups excluding carboxylic acids is 1. The predicted octanol–water partition coefficient (Wildman–Crippen LogP) is 4.19. The number of carbonyl (C=O) groups is 1. The van der Waals surface area contributed by atoms with Gasteiger partial charge < -0.3 is 4.90 Å². The molecule has 2 aromatic carbocycles. The number of aryl methyl sites for hydroxylation is 1. The van der Waals surface area contributed by atoms with Crippen molar-refractivity contribution in [3.63, 3.8) is 0 Å². The van der Waals surface area contributed by atoms with Crippen LogP contribution in [-0.2, 0) is 16.4 Å². The Labute approximate surface area is 173 Å². The molecule has 154 valence electrons. The monoisotopic (exact) mass is 412 g/mol. The van der Waals surface area contributed by atoms with Crippen molar-refractivity contribution in [3.05, 3.63) is 59.2 Å². The van der Waals surface area contributed by atoms with Crippen molar-refractivity contribution in [1.82, 2.24) is 4.31 Å². The second-order valence-electron chi connectivity index (χ2n) is 8.24. The second-order valence-corrected chi connectivity index (χ2v) is 10.2. The molecule has 0 bridgehead atoms. The van der Waals surface area contributed by atoms with Gasteiger partial charge in [-0.1, -0.05) is 26.0 Å². The highest BCUT2D eigenvalue weighted by atomic mass is 32.2. The molecule has 1 fully saturated rings. The summed E-state index contributed by atoms with van der Waals surface area (Å²) in [5.74, 6) is 0.391. The van der Waals surface area contributed by atoms with Crippen LogP contribution in [0.1, 0.15) is 60.5 Å². The summed E-state index contributed by atoms with van der Waals surface area (Å²) in [4.78, 5) is 15.3. The molecule has 0 saturated carbocycles. The quantitative estimate of drug-likeness (QED) is 0.757. The zero-order valence-corrected chi connectivity index (χ0v) is 17.9. The van der Waals surface area contributed by atoms with Crippen molar-refractivity contribution in [2.45, 2.75) is 50.3 Å². The number of hydrogen-bond donors (Lipinski definition) is 0. The fraction of sp³-hybridized carbons (Fsp3) is 0.435. The van der Waals surface area contributed by atoms with Gasteiger partial charge >= 0.3 is 0 Å². The van der Waals surface area contributed by atoms with E-state index in [9.17, 15) is 13.2 Å². The average molecular weight is 413 g/mol. The second kappa shape index (κ2) is 7.92. The van der Waals surface area contributed by atoms with Crippen LogP contribution in [0.25, 0.3) is 0 Å². The Hall–Kier alpha value is -2.18. The zero-order valence-electron chi connectivity index (χ0n) is 17.1. The van der Waals surface area contributed by atoms with Gasteiger partial charge in [0, 0.05) is 30.9 Å². The number of rotatable bonds is 4. The van der Waals surface area contributed by atoms with Crippen molar-refractivity contribution < 1.29 is 13.2 Å². The lowest BCUT2D eigenvalue weighted by molar-refractivity contribution is 0.0985. The van der Waals surface area contributed by atoms with Crippen LogP contribution in [0.3, 0.4) is 0 Å². The van der Waals surface area contributed by atoms with E-state index in [0.717, 1.165) is 36.9 Å². The lowest BCUT2D eigenvalue weighted by Gasteiger charge is -2.30. The summed E-state index contributed by atoms with van der Waals surface area (Å²) in [6.07, 6.45) is 3.45. The molecule has 2 aliphatic heterocycles. The van der Waals surface area contributed by atoms with Gasteiger partial charge in [0.15, 0.2) is 0 Å². The predicted molar refractivity (Wildman–Crippen MR) is 115 cm³/mol. The molecule has 2 aromatic rings. The highest BCUT2D eigenvalue weighted by Crippen LogP contribution is 2.32. The van der Waals surface area contributed by atoms with Crippen LogP contribution in [0.5, 0.6) is 0 Å². The van der Waals surface area contributed by atoms with Gasteiger partial charge in [-0.25, -0.2) is 8.42 Å². The summed E-state index contributed by atoms with van der Waals surface area (Å²) >= 11 is 0. The zero-order chi connectivity index (χ0) is 20.6. The maximum absolute atomic E-state index is 13.1. The molecular formula is C23H28N2O3S. The molecular weight excluding hydrogens is 384 g/mol. The van der Waals surface area contributed by atoms with E-state index in [1.54, 1.807) is 27.4 Å². The van der Waals surface area contributed by atoms with Crippen LogP contribution in [-0.4, -0.2) is 38.3 Å². The van der Waals surface area contributed by atoms with Crippen LogP contribution in [0.15, 0.2) is 47.4 Å². The number of nitrogens with zero attached hydrogens (tertiary/aromatic N) is 2. The molecule has 0 aliphatic carbocycles. The van der Waals surface area contributed by atoms with E-state index in [0.29, 0.717) is 36.0 Å². The molecule has 1 saturated heterocycles. The third-order valence-corrected chi connectivity index (χ3v) is 7.84. The maximum Gasteiger partial charge on any atom is 0.258 e. The van der Waals surface area contributed by atoms with E-state index in [2.05, 4.69) is 13.8 Å². The summed E-state index contributed by atoms with van der Waals surface area (Å²) in [6, 6.07) is 13.0. The van der Waals surface area contributed by atoms with Gasteiger partial charge in [-0.2, -0.15) is 4.31 Å². The Balaban J connectivity index is 1.62. The third kappa shape index (κ3) is 3.83. The van der Waals surface area contributed by atoms with Gasteiger partial charge in [0.05, 0.1) is 4.90 Å². The number of benzene rings is 2. The first-order valence-corrected chi connectivity index (χ1v) is 11.9. The Kier molecular flexibility index (Phi) is 5.49. The molecule has 4 rings (SSSR count). The van der Waals surface area contributed by atoms with Crippen molar-refractivity contribution in [3.8, 4) is 0 Å². The van der Waals surface area contributed by atoms with Gasteiger partial charge in [-0.3, -0.25) is 4.79 Å². The molecule has 2 aliphatic rings. The van der Waals surface area contributed by atoms with Gasteiger partial charge in [0.2, 0.25) is 10.0 Å². The first kappa shape index (κ1) is 20.1.